The molecule has 0 saturated heterocycles. The maximum atomic E-state index is 12.1. The van der Waals surface area contributed by atoms with Crippen molar-refractivity contribution < 1.29 is 9.47 Å². The first kappa shape index (κ1) is 18.1. The maximum Gasteiger partial charge on any atom is 0.287 e. The molecule has 0 spiro atoms. The molecule has 0 saturated carbocycles. The summed E-state index contributed by atoms with van der Waals surface area (Å²) in [5.41, 5.74) is 1.21. The van der Waals surface area contributed by atoms with Crippen molar-refractivity contribution in [3.8, 4) is 11.5 Å². The molecule has 0 aliphatic carbocycles. The van der Waals surface area contributed by atoms with Crippen LogP contribution in [0.3, 0.4) is 0 Å². The summed E-state index contributed by atoms with van der Waals surface area (Å²) in [6, 6.07) is 5.67. The molecule has 130 valence electrons. The Kier molecular flexibility index (Phi) is 6.49. The summed E-state index contributed by atoms with van der Waals surface area (Å²) in [6.45, 7) is 5.49. The molecule has 0 aliphatic heterocycles. The molecular formula is C17H22ClN3O3. The molecule has 7 heteroatoms. The van der Waals surface area contributed by atoms with Crippen LogP contribution in [-0.2, 0) is 13.1 Å². The molecule has 0 unspecified atom stereocenters. The number of halogens is 1. The van der Waals surface area contributed by atoms with Gasteiger partial charge in [0.05, 0.1) is 25.6 Å². The molecule has 0 fully saturated rings. The van der Waals surface area contributed by atoms with Gasteiger partial charge in [-0.1, -0.05) is 24.6 Å². The third-order valence-electron chi connectivity index (χ3n) is 3.43. The van der Waals surface area contributed by atoms with Crippen LogP contribution in [0.25, 0.3) is 0 Å². The van der Waals surface area contributed by atoms with Crippen molar-refractivity contribution in [2.75, 3.05) is 19.0 Å². The van der Waals surface area contributed by atoms with Crippen LogP contribution >= 0.6 is 11.6 Å². The van der Waals surface area contributed by atoms with Crippen molar-refractivity contribution in [2.24, 2.45) is 0 Å². The highest BCUT2D eigenvalue weighted by molar-refractivity contribution is 6.32. The Bertz CT molecular complexity index is 746. The van der Waals surface area contributed by atoms with Gasteiger partial charge in [0, 0.05) is 13.1 Å². The van der Waals surface area contributed by atoms with E-state index in [2.05, 4.69) is 10.4 Å². The average molecular weight is 352 g/mol. The number of aryl methyl sites for hydroxylation is 1. The summed E-state index contributed by atoms with van der Waals surface area (Å²) in [5.74, 6) is 1.37. The van der Waals surface area contributed by atoms with Gasteiger partial charge in [-0.2, -0.15) is 5.10 Å². The second-order valence-electron chi connectivity index (χ2n) is 5.17. The highest BCUT2D eigenvalue weighted by Gasteiger charge is 2.10. The molecule has 1 N–H and O–H groups in total. The van der Waals surface area contributed by atoms with Gasteiger partial charge in [0.25, 0.3) is 5.56 Å². The largest absolute Gasteiger partial charge is 0.493 e. The molecule has 6 nitrogen and oxygen atoms in total. The molecule has 0 atom stereocenters. The van der Waals surface area contributed by atoms with E-state index in [-0.39, 0.29) is 10.6 Å². The summed E-state index contributed by atoms with van der Waals surface area (Å²) < 4.78 is 12.2. The Labute approximate surface area is 146 Å². The van der Waals surface area contributed by atoms with Gasteiger partial charge < -0.3 is 14.8 Å². The zero-order valence-electron chi connectivity index (χ0n) is 14.1. The van der Waals surface area contributed by atoms with E-state index in [9.17, 15) is 4.79 Å². The molecular weight excluding hydrogens is 330 g/mol. The van der Waals surface area contributed by atoms with E-state index < -0.39 is 0 Å². The van der Waals surface area contributed by atoms with E-state index in [1.165, 1.54) is 4.68 Å². The van der Waals surface area contributed by atoms with Crippen molar-refractivity contribution in [1.82, 2.24) is 9.78 Å². The molecule has 0 bridgehead atoms. The number of anilines is 1. The summed E-state index contributed by atoms with van der Waals surface area (Å²) >= 11 is 6.15. The number of aromatic nitrogens is 2. The number of nitrogens with zero attached hydrogens (tertiary/aromatic N) is 2. The van der Waals surface area contributed by atoms with E-state index >= 15 is 0 Å². The predicted octanol–water partition coefficient (Wildman–Crippen LogP) is 3.33. The second kappa shape index (κ2) is 8.59. The fourth-order valence-corrected chi connectivity index (χ4v) is 2.47. The van der Waals surface area contributed by atoms with Crippen molar-refractivity contribution in [3.63, 3.8) is 0 Å². The lowest BCUT2D eigenvalue weighted by atomic mass is 10.2. The minimum absolute atomic E-state index is 0.150. The quantitative estimate of drug-likeness (QED) is 0.790. The van der Waals surface area contributed by atoms with Crippen LogP contribution in [0.4, 0.5) is 5.69 Å². The van der Waals surface area contributed by atoms with Crippen molar-refractivity contribution in [3.05, 3.63) is 45.3 Å². The average Bonchev–Trinajstić information content (AvgIpc) is 2.59. The van der Waals surface area contributed by atoms with E-state index in [0.29, 0.717) is 36.9 Å². The maximum absolute atomic E-state index is 12.1. The summed E-state index contributed by atoms with van der Waals surface area (Å²) in [7, 11) is 1.60. The predicted molar refractivity (Wildman–Crippen MR) is 95.3 cm³/mol. The van der Waals surface area contributed by atoms with Gasteiger partial charge in [-0.25, -0.2) is 4.68 Å². The Balaban J connectivity index is 2.15. The highest BCUT2D eigenvalue weighted by Crippen LogP contribution is 2.28. The van der Waals surface area contributed by atoms with E-state index in [1.807, 2.05) is 32.0 Å². The topological polar surface area (TPSA) is 65.4 Å². The lowest BCUT2D eigenvalue weighted by molar-refractivity contribution is 0.310. The number of ether oxygens (including phenoxy) is 2. The summed E-state index contributed by atoms with van der Waals surface area (Å²) in [5, 5.41) is 7.42. The number of benzene rings is 1. The molecule has 0 amide bonds. The number of hydrogen-bond acceptors (Lipinski definition) is 5. The lowest BCUT2D eigenvalue weighted by Crippen LogP contribution is -2.24. The number of rotatable bonds is 8. The molecule has 0 radical (unpaired) electrons. The zero-order valence-corrected chi connectivity index (χ0v) is 14.9. The molecule has 1 aromatic carbocycles. The second-order valence-corrected chi connectivity index (χ2v) is 5.55. The Morgan fingerprint density at radius 2 is 2.08 bits per heavy atom. The zero-order chi connectivity index (χ0) is 17.5. The van der Waals surface area contributed by atoms with Gasteiger partial charge in [0.1, 0.15) is 5.02 Å². The first-order chi connectivity index (χ1) is 11.6. The van der Waals surface area contributed by atoms with Crippen molar-refractivity contribution in [2.45, 2.75) is 33.4 Å². The van der Waals surface area contributed by atoms with Gasteiger partial charge in [-0.3, -0.25) is 4.79 Å². The summed E-state index contributed by atoms with van der Waals surface area (Å²) in [4.78, 5) is 12.1. The van der Waals surface area contributed by atoms with Crippen molar-refractivity contribution in [1.29, 1.82) is 0 Å². The molecule has 24 heavy (non-hydrogen) atoms. The smallest absolute Gasteiger partial charge is 0.287 e. The molecule has 0 aliphatic rings. The van der Waals surface area contributed by atoms with Gasteiger partial charge in [-0.05, 0) is 31.0 Å². The van der Waals surface area contributed by atoms with E-state index in [0.717, 1.165) is 12.0 Å². The van der Waals surface area contributed by atoms with Gasteiger partial charge in [0.2, 0.25) is 0 Å². The monoisotopic (exact) mass is 351 g/mol. The van der Waals surface area contributed by atoms with Gasteiger partial charge in [0.15, 0.2) is 11.5 Å². The van der Waals surface area contributed by atoms with E-state index in [1.54, 1.807) is 13.3 Å². The van der Waals surface area contributed by atoms with Crippen LogP contribution in [0.2, 0.25) is 5.02 Å². The number of hydrogen-bond donors (Lipinski definition) is 1. The van der Waals surface area contributed by atoms with Crippen LogP contribution in [-0.4, -0.2) is 23.5 Å². The Morgan fingerprint density at radius 3 is 2.75 bits per heavy atom. The van der Waals surface area contributed by atoms with Crippen LogP contribution < -0.4 is 20.3 Å². The fourth-order valence-electron chi connectivity index (χ4n) is 2.26. The number of methoxy groups -OCH3 is 1. The minimum atomic E-state index is -0.284. The SMILES string of the molecule is CCCn1ncc(NCc2ccc(OC)c(OCC)c2)c(Cl)c1=O. The molecule has 1 heterocycles. The normalized spacial score (nSPS) is 10.5. The number of nitrogens with one attached hydrogen (secondary N) is 1. The first-order valence-corrected chi connectivity index (χ1v) is 8.27. The minimum Gasteiger partial charge on any atom is -0.493 e. The van der Waals surface area contributed by atoms with Crippen LogP contribution in [0, 0.1) is 0 Å². The van der Waals surface area contributed by atoms with Crippen molar-refractivity contribution >= 4 is 17.3 Å². The molecule has 2 aromatic rings. The molecule has 2 rings (SSSR count). The summed E-state index contributed by atoms with van der Waals surface area (Å²) in [6.07, 6.45) is 2.40. The standard InChI is InChI=1S/C17H22ClN3O3/c1-4-8-21-17(22)16(18)13(11-20-21)19-10-12-6-7-14(23-3)15(9-12)24-5-2/h6-7,9,11,19H,4-5,8,10H2,1-3H3. The fraction of sp³-hybridized carbons (Fsp3) is 0.412. The first-order valence-electron chi connectivity index (χ1n) is 7.89. The van der Waals surface area contributed by atoms with Gasteiger partial charge in [-0.15, -0.1) is 0 Å². The lowest BCUT2D eigenvalue weighted by Gasteiger charge is -2.13. The Hall–Kier alpha value is -2.21. The van der Waals surface area contributed by atoms with Crippen LogP contribution in [0.15, 0.2) is 29.2 Å². The Morgan fingerprint density at radius 1 is 1.29 bits per heavy atom. The van der Waals surface area contributed by atoms with Gasteiger partial charge >= 0.3 is 0 Å². The van der Waals surface area contributed by atoms with Crippen LogP contribution in [0.1, 0.15) is 25.8 Å². The highest BCUT2D eigenvalue weighted by atomic mass is 35.5. The third kappa shape index (κ3) is 4.20. The van der Waals surface area contributed by atoms with E-state index in [4.69, 9.17) is 21.1 Å². The third-order valence-corrected chi connectivity index (χ3v) is 3.80. The molecule has 1 aromatic heterocycles. The van der Waals surface area contributed by atoms with Crippen LogP contribution in [0.5, 0.6) is 11.5 Å².